The Morgan fingerprint density at radius 2 is 2.00 bits per heavy atom. The molecule has 0 aliphatic carbocycles. The maximum Gasteiger partial charge on any atom is 0.159 e. The Labute approximate surface area is 162 Å². The number of benzene rings is 2. The molecule has 0 unspecified atom stereocenters. The average molecular weight is 373 g/mol. The minimum atomic E-state index is -0.207. The number of nitrogens with two attached hydrogens (primary N) is 1. The molecule has 3 N–H and O–H groups in total. The molecule has 2 aromatic carbocycles. The molecule has 0 spiro atoms. The summed E-state index contributed by atoms with van der Waals surface area (Å²) in [7, 11) is 0. The largest absolute Gasteiger partial charge is 0.399 e. The zero-order valence-corrected chi connectivity index (χ0v) is 15.3. The van der Waals surface area contributed by atoms with E-state index in [1.54, 1.807) is 12.1 Å². The van der Waals surface area contributed by atoms with Crippen molar-refractivity contribution in [1.82, 2.24) is 19.9 Å². The first-order chi connectivity index (χ1) is 13.7. The first kappa shape index (κ1) is 16.9. The van der Waals surface area contributed by atoms with Crippen LogP contribution in [0, 0.1) is 5.82 Å². The smallest absolute Gasteiger partial charge is 0.159 e. The lowest BCUT2D eigenvalue weighted by molar-refractivity contribution is 0.244. The van der Waals surface area contributed by atoms with E-state index < -0.39 is 0 Å². The first-order valence-electron chi connectivity index (χ1n) is 9.34. The lowest BCUT2D eigenvalue weighted by atomic mass is 10.1. The maximum atomic E-state index is 13.6. The van der Waals surface area contributed by atoms with E-state index in [2.05, 4.69) is 14.9 Å². The molecule has 140 valence electrons. The van der Waals surface area contributed by atoms with Crippen molar-refractivity contribution in [2.45, 2.75) is 19.5 Å². The van der Waals surface area contributed by atoms with Crippen LogP contribution < -0.4 is 5.73 Å². The van der Waals surface area contributed by atoms with Crippen LogP contribution in [0.4, 0.5) is 10.1 Å². The molecular formula is C22H20FN5. The van der Waals surface area contributed by atoms with Crippen molar-refractivity contribution in [1.29, 1.82) is 0 Å². The van der Waals surface area contributed by atoms with E-state index in [1.165, 1.54) is 6.07 Å². The van der Waals surface area contributed by atoms with Gasteiger partial charge in [-0.15, -0.1) is 0 Å². The van der Waals surface area contributed by atoms with E-state index in [0.717, 1.165) is 70.9 Å². The molecule has 6 heteroatoms. The number of nitrogens with one attached hydrogen (secondary N) is 1. The van der Waals surface area contributed by atoms with Crippen molar-refractivity contribution < 1.29 is 4.39 Å². The molecule has 3 heterocycles. The highest BCUT2D eigenvalue weighted by Gasteiger charge is 2.20. The van der Waals surface area contributed by atoms with Crippen molar-refractivity contribution in [3.8, 4) is 11.4 Å². The van der Waals surface area contributed by atoms with Gasteiger partial charge in [0.2, 0.25) is 0 Å². The van der Waals surface area contributed by atoms with Crippen LogP contribution in [-0.2, 0) is 19.5 Å². The number of anilines is 1. The molecule has 0 saturated heterocycles. The van der Waals surface area contributed by atoms with Crippen LogP contribution in [0.25, 0.3) is 22.3 Å². The van der Waals surface area contributed by atoms with Gasteiger partial charge < -0.3 is 10.7 Å². The van der Waals surface area contributed by atoms with E-state index in [1.807, 2.05) is 36.7 Å². The summed E-state index contributed by atoms with van der Waals surface area (Å²) in [5.74, 6) is 0.528. The van der Waals surface area contributed by atoms with Crippen LogP contribution in [0.5, 0.6) is 0 Å². The lowest BCUT2D eigenvalue weighted by Gasteiger charge is -2.27. The second-order valence-electron chi connectivity index (χ2n) is 7.25. The minimum absolute atomic E-state index is 0.207. The monoisotopic (exact) mass is 373 g/mol. The van der Waals surface area contributed by atoms with Crippen molar-refractivity contribution in [3.05, 3.63) is 77.5 Å². The van der Waals surface area contributed by atoms with Crippen LogP contribution in [0.1, 0.15) is 16.8 Å². The minimum Gasteiger partial charge on any atom is -0.399 e. The van der Waals surface area contributed by atoms with Crippen LogP contribution in [-0.4, -0.2) is 26.4 Å². The normalized spacial score (nSPS) is 14.3. The van der Waals surface area contributed by atoms with Gasteiger partial charge in [0.25, 0.3) is 0 Å². The molecule has 1 aliphatic heterocycles. The topological polar surface area (TPSA) is 70.8 Å². The highest BCUT2D eigenvalue weighted by atomic mass is 19.1. The molecule has 0 bridgehead atoms. The fraction of sp³-hybridized carbons (Fsp3) is 0.182. The summed E-state index contributed by atoms with van der Waals surface area (Å²) in [4.78, 5) is 14.9. The number of fused-ring (bicyclic) bond motifs is 2. The summed E-state index contributed by atoms with van der Waals surface area (Å²) >= 11 is 0. The number of aromatic amines is 1. The molecule has 1 aliphatic rings. The number of H-pyrrole nitrogens is 1. The van der Waals surface area contributed by atoms with Crippen molar-refractivity contribution in [2.75, 3.05) is 12.3 Å². The maximum absolute atomic E-state index is 13.6. The Morgan fingerprint density at radius 3 is 2.86 bits per heavy atom. The van der Waals surface area contributed by atoms with Crippen molar-refractivity contribution >= 4 is 16.6 Å². The number of halogens is 1. The fourth-order valence-corrected chi connectivity index (χ4v) is 3.80. The summed E-state index contributed by atoms with van der Waals surface area (Å²) < 4.78 is 13.6. The highest BCUT2D eigenvalue weighted by Crippen LogP contribution is 2.25. The Bertz CT molecular complexity index is 1150. The number of rotatable bonds is 3. The predicted octanol–water partition coefficient (Wildman–Crippen LogP) is 3.90. The summed E-state index contributed by atoms with van der Waals surface area (Å²) in [6, 6.07) is 12.5. The Morgan fingerprint density at radius 1 is 1.14 bits per heavy atom. The number of hydrogen-bond acceptors (Lipinski definition) is 4. The van der Waals surface area contributed by atoms with Gasteiger partial charge in [0.05, 0.1) is 5.69 Å². The molecule has 28 heavy (non-hydrogen) atoms. The molecule has 2 aromatic heterocycles. The van der Waals surface area contributed by atoms with E-state index in [4.69, 9.17) is 10.7 Å². The van der Waals surface area contributed by atoms with Gasteiger partial charge in [-0.2, -0.15) is 0 Å². The van der Waals surface area contributed by atoms with Gasteiger partial charge in [-0.1, -0.05) is 0 Å². The quantitative estimate of drug-likeness (QED) is 0.534. The molecule has 5 nitrogen and oxygen atoms in total. The first-order valence-corrected chi connectivity index (χ1v) is 9.34. The van der Waals surface area contributed by atoms with Gasteiger partial charge in [0.1, 0.15) is 5.82 Å². The van der Waals surface area contributed by atoms with Crippen molar-refractivity contribution in [2.24, 2.45) is 0 Å². The van der Waals surface area contributed by atoms with Gasteiger partial charge >= 0.3 is 0 Å². The average Bonchev–Trinajstić information content (AvgIpc) is 3.10. The third-order valence-corrected chi connectivity index (χ3v) is 5.31. The van der Waals surface area contributed by atoms with E-state index in [-0.39, 0.29) is 5.82 Å². The van der Waals surface area contributed by atoms with Crippen molar-refractivity contribution in [3.63, 3.8) is 0 Å². The second kappa shape index (κ2) is 6.73. The van der Waals surface area contributed by atoms with Crippen LogP contribution in [0.15, 0.2) is 54.9 Å². The zero-order chi connectivity index (χ0) is 19.1. The Balaban J connectivity index is 1.36. The predicted molar refractivity (Wildman–Crippen MR) is 108 cm³/mol. The molecule has 0 saturated carbocycles. The molecule has 5 rings (SSSR count). The van der Waals surface area contributed by atoms with Crippen LogP contribution >= 0.6 is 0 Å². The summed E-state index contributed by atoms with van der Waals surface area (Å²) in [5, 5.41) is 0.945. The van der Waals surface area contributed by atoms with Gasteiger partial charge in [0, 0.05) is 66.2 Å². The zero-order valence-electron chi connectivity index (χ0n) is 15.3. The summed E-state index contributed by atoms with van der Waals surface area (Å²) in [6.07, 6.45) is 4.77. The second-order valence-corrected chi connectivity index (χ2v) is 7.25. The molecule has 4 aromatic rings. The molecule has 0 radical (unpaired) electrons. The van der Waals surface area contributed by atoms with E-state index in [9.17, 15) is 4.39 Å². The van der Waals surface area contributed by atoms with E-state index >= 15 is 0 Å². The third-order valence-electron chi connectivity index (χ3n) is 5.31. The number of nitrogens with zero attached hydrogens (tertiary/aromatic N) is 3. The standard InChI is InChI=1S/C22H20FN5/c23-17-3-6-21-19(9-17)15(10-25-21)12-28-8-7-20-16(13-28)11-26-22(27-20)14-1-4-18(24)5-2-14/h1-6,9-11,25H,7-8,12-13,24H2. The Kier molecular flexibility index (Phi) is 4.06. The third kappa shape index (κ3) is 3.12. The summed E-state index contributed by atoms with van der Waals surface area (Å²) in [6.45, 7) is 2.47. The van der Waals surface area contributed by atoms with Gasteiger partial charge in [-0.25, -0.2) is 14.4 Å². The number of aromatic nitrogens is 3. The number of hydrogen-bond donors (Lipinski definition) is 2. The van der Waals surface area contributed by atoms with E-state index in [0.29, 0.717) is 0 Å². The van der Waals surface area contributed by atoms with Gasteiger partial charge in [-0.3, -0.25) is 4.90 Å². The molecular weight excluding hydrogens is 353 g/mol. The lowest BCUT2D eigenvalue weighted by Crippen LogP contribution is -2.30. The summed E-state index contributed by atoms with van der Waals surface area (Å²) in [5.41, 5.74) is 11.8. The molecule has 0 fully saturated rings. The fourth-order valence-electron chi connectivity index (χ4n) is 3.80. The highest BCUT2D eigenvalue weighted by molar-refractivity contribution is 5.83. The SMILES string of the molecule is Nc1ccc(-c2ncc3c(n2)CCN(Cc2c[nH]c4ccc(F)cc24)C3)cc1. The molecule has 0 amide bonds. The number of nitrogen functional groups attached to an aromatic ring is 1. The van der Waals surface area contributed by atoms with Crippen LogP contribution in [0.2, 0.25) is 0 Å². The molecule has 0 atom stereocenters. The van der Waals surface area contributed by atoms with Crippen LogP contribution in [0.3, 0.4) is 0 Å². The van der Waals surface area contributed by atoms with Gasteiger partial charge in [-0.05, 0) is 48.0 Å². The Hall–Kier alpha value is -3.25. The van der Waals surface area contributed by atoms with Gasteiger partial charge in [0.15, 0.2) is 5.82 Å².